The van der Waals surface area contributed by atoms with Crippen LogP contribution in [0, 0.1) is 5.92 Å². The third-order valence-corrected chi connectivity index (χ3v) is 2.81. The van der Waals surface area contributed by atoms with Crippen LogP contribution in [-0.2, 0) is 9.59 Å². The largest absolute Gasteiger partial charge is 0.353 e. The van der Waals surface area contributed by atoms with Gasteiger partial charge in [-0.1, -0.05) is 6.42 Å². The third kappa shape index (κ3) is 2.08. The second-order valence-electron chi connectivity index (χ2n) is 3.89. The van der Waals surface area contributed by atoms with Crippen LogP contribution in [0.25, 0.3) is 0 Å². The van der Waals surface area contributed by atoms with Gasteiger partial charge in [-0.2, -0.15) is 0 Å². The molecule has 1 aliphatic heterocycles. The molecule has 1 aliphatic carbocycles. The van der Waals surface area contributed by atoms with Crippen LogP contribution >= 0.6 is 0 Å². The molecule has 0 radical (unpaired) electrons. The highest BCUT2D eigenvalue weighted by atomic mass is 16.2. The zero-order valence-corrected chi connectivity index (χ0v) is 8.21. The van der Waals surface area contributed by atoms with E-state index in [-0.39, 0.29) is 24.3 Å². The molecule has 15 heavy (non-hydrogen) atoms. The number of urea groups is 1. The van der Waals surface area contributed by atoms with Gasteiger partial charge >= 0.3 is 6.03 Å². The van der Waals surface area contributed by atoms with E-state index in [4.69, 9.17) is 0 Å². The molecule has 2 fully saturated rings. The molecule has 2 rings (SSSR count). The Kier molecular flexibility index (Phi) is 2.57. The van der Waals surface area contributed by atoms with Crippen molar-refractivity contribution in [2.75, 3.05) is 6.54 Å². The average molecular weight is 211 g/mol. The van der Waals surface area contributed by atoms with Crippen molar-refractivity contribution < 1.29 is 14.4 Å². The number of hydrogen-bond acceptors (Lipinski definition) is 3. The molecule has 1 atom stereocenters. The van der Waals surface area contributed by atoms with E-state index < -0.39 is 12.1 Å². The van der Waals surface area contributed by atoms with Crippen molar-refractivity contribution in [3.05, 3.63) is 0 Å². The number of amides is 4. The van der Waals surface area contributed by atoms with E-state index in [9.17, 15) is 14.4 Å². The Balaban J connectivity index is 1.75. The lowest BCUT2D eigenvalue weighted by atomic mass is 9.85. The fraction of sp³-hybridized carbons (Fsp3) is 0.667. The number of nitrogens with one attached hydrogen (secondary N) is 3. The molecule has 0 aromatic heterocycles. The molecular formula is C9H13N3O3. The molecule has 82 valence electrons. The summed E-state index contributed by atoms with van der Waals surface area (Å²) in [5, 5.41) is 7.19. The van der Waals surface area contributed by atoms with E-state index >= 15 is 0 Å². The summed E-state index contributed by atoms with van der Waals surface area (Å²) in [6.45, 7) is 0.174. The lowest BCUT2D eigenvalue weighted by molar-refractivity contribution is -0.127. The van der Waals surface area contributed by atoms with Gasteiger partial charge in [-0.3, -0.25) is 14.9 Å². The standard InChI is InChI=1S/C9H13N3O3/c13-7(5-2-1-3-5)10-4-6-8(14)12-9(15)11-6/h5-6H,1-4H2,(H,10,13)(H2,11,12,14,15). The Morgan fingerprint density at radius 2 is 2.13 bits per heavy atom. The fourth-order valence-electron chi connectivity index (χ4n) is 1.62. The first kappa shape index (κ1) is 9.95. The van der Waals surface area contributed by atoms with E-state index in [1.165, 1.54) is 0 Å². The number of carbonyl (C=O) groups is 3. The maximum atomic E-state index is 11.4. The van der Waals surface area contributed by atoms with Gasteiger partial charge in [0.15, 0.2) is 0 Å². The molecule has 6 heteroatoms. The van der Waals surface area contributed by atoms with Crippen molar-refractivity contribution in [1.82, 2.24) is 16.0 Å². The van der Waals surface area contributed by atoms with Gasteiger partial charge in [0.1, 0.15) is 6.04 Å². The minimum atomic E-state index is -0.624. The van der Waals surface area contributed by atoms with Crippen LogP contribution in [0.4, 0.5) is 4.79 Å². The van der Waals surface area contributed by atoms with Crippen LogP contribution in [0.15, 0.2) is 0 Å². The van der Waals surface area contributed by atoms with Crippen LogP contribution in [0.3, 0.4) is 0 Å². The summed E-state index contributed by atoms with van der Waals surface area (Å²) < 4.78 is 0. The molecule has 2 aliphatic rings. The Hall–Kier alpha value is -1.59. The second kappa shape index (κ2) is 3.88. The highest BCUT2D eigenvalue weighted by Gasteiger charge is 2.31. The molecule has 4 amide bonds. The molecule has 1 saturated carbocycles. The SMILES string of the molecule is O=C1NC(=O)C(CNC(=O)C2CCC2)N1. The van der Waals surface area contributed by atoms with Gasteiger partial charge in [-0.05, 0) is 12.8 Å². The normalized spacial score (nSPS) is 25.5. The molecule has 0 spiro atoms. The summed E-state index contributed by atoms with van der Waals surface area (Å²) in [4.78, 5) is 33.3. The number of hydrogen-bond donors (Lipinski definition) is 3. The van der Waals surface area contributed by atoms with Crippen LogP contribution < -0.4 is 16.0 Å². The van der Waals surface area contributed by atoms with Crippen molar-refractivity contribution >= 4 is 17.8 Å². The van der Waals surface area contributed by atoms with Crippen molar-refractivity contribution in [1.29, 1.82) is 0 Å². The molecule has 1 unspecified atom stereocenters. The van der Waals surface area contributed by atoms with Crippen molar-refractivity contribution in [2.24, 2.45) is 5.92 Å². The maximum Gasteiger partial charge on any atom is 0.322 e. The van der Waals surface area contributed by atoms with Gasteiger partial charge in [0.25, 0.3) is 5.91 Å². The predicted octanol–water partition coefficient (Wildman–Crippen LogP) is -0.889. The van der Waals surface area contributed by atoms with Crippen molar-refractivity contribution in [2.45, 2.75) is 25.3 Å². The zero-order chi connectivity index (χ0) is 10.8. The molecule has 1 heterocycles. The van der Waals surface area contributed by atoms with E-state index in [2.05, 4.69) is 16.0 Å². The van der Waals surface area contributed by atoms with Crippen LogP contribution in [0.5, 0.6) is 0 Å². The first-order valence-electron chi connectivity index (χ1n) is 5.06. The molecule has 0 aromatic rings. The predicted molar refractivity (Wildman–Crippen MR) is 50.8 cm³/mol. The monoisotopic (exact) mass is 211 g/mol. The minimum Gasteiger partial charge on any atom is -0.353 e. The molecule has 1 saturated heterocycles. The van der Waals surface area contributed by atoms with Gasteiger partial charge in [-0.15, -0.1) is 0 Å². The summed E-state index contributed by atoms with van der Waals surface area (Å²) in [6, 6.07) is -1.12. The summed E-state index contributed by atoms with van der Waals surface area (Å²) in [5.41, 5.74) is 0. The smallest absolute Gasteiger partial charge is 0.322 e. The molecule has 0 bridgehead atoms. The Bertz CT molecular complexity index is 312. The van der Waals surface area contributed by atoms with E-state index in [1.54, 1.807) is 0 Å². The van der Waals surface area contributed by atoms with Crippen molar-refractivity contribution in [3.8, 4) is 0 Å². The van der Waals surface area contributed by atoms with Gasteiger partial charge in [0.05, 0.1) is 0 Å². The summed E-state index contributed by atoms with van der Waals surface area (Å²) in [7, 11) is 0. The van der Waals surface area contributed by atoms with Crippen LogP contribution in [-0.4, -0.2) is 30.4 Å². The van der Waals surface area contributed by atoms with Gasteiger partial charge in [0.2, 0.25) is 5.91 Å². The second-order valence-corrected chi connectivity index (χ2v) is 3.89. The van der Waals surface area contributed by atoms with Crippen LogP contribution in [0.1, 0.15) is 19.3 Å². The Morgan fingerprint density at radius 3 is 2.60 bits per heavy atom. The summed E-state index contributed by atoms with van der Waals surface area (Å²) in [6.07, 6.45) is 2.95. The zero-order valence-electron chi connectivity index (χ0n) is 8.21. The molecular weight excluding hydrogens is 198 g/mol. The highest BCUT2D eigenvalue weighted by Crippen LogP contribution is 2.26. The molecule has 3 N–H and O–H groups in total. The topological polar surface area (TPSA) is 87.3 Å². The first-order chi connectivity index (χ1) is 7.16. The number of rotatable bonds is 3. The lowest BCUT2D eigenvalue weighted by Gasteiger charge is -2.24. The Morgan fingerprint density at radius 1 is 1.40 bits per heavy atom. The Labute approximate surface area is 86.8 Å². The van der Waals surface area contributed by atoms with Gasteiger partial charge < -0.3 is 10.6 Å². The van der Waals surface area contributed by atoms with Crippen molar-refractivity contribution in [3.63, 3.8) is 0 Å². The molecule has 6 nitrogen and oxygen atoms in total. The van der Waals surface area contributed by atoms with E-state index in [0.717, 1.165) is 19.3 Å². The minimum absolute atomic E-state index is 0.0183. The van der Waals surface area contributed by atoms with Gasteiger partial charge in [0, 0.05) is 12.5 Å². The first-order valence-corrected chi connectivity index (χ1v) is 5.06. The highest BCUT2D eigenvalue weighted by molar-refractivity contribution is 6.04. The average Bonchev–Trinajstić information content (AvgIpc) is 2.38. The maximum absolute atomic E-state index is 11.4. The molecule has 0 aromatic carbocycles. The van der Waals surface area contributed by atoms with E-state index in [0.29, 0.717) is 0 Å². The third-order valence-electron chi connectivity index (χ3n) is 2.81. The van der Waals surface area contributed by atoms with Crippen LogP contribution in [0.2, 0.25) is 0 Å². The number of carbonyl (C=O) groups excluding carboxylic acids is 3. The number of imide groups is 1. The summed E-state index contributed by atoms with van der Waals surface area (Å²) in [5.74, 6) is -0.297. The lowest BCUT2D eigenvalue weighted by Crippen LogP contribution is -2.44. The summed E-state index contributed by atoms with van der Waals surface area (Å²) >= 11 is 0. The quantitative estimate of drug-likeness (QED) is 0.529. The van der Waals surface area contributed by atoms with E-state index in [1.807, 2.05) is 0 Å². The fourth-order valence-corrected chi connectivity index (χ4v) is 1.62. The van der Waals surface area contributed by atoms with Gasteiger partial charge in [-0.25, -0.2) is 4.79 Å².